The number of nitrogens with zero attached hydrogens (tertiary/aromatic N) is 1. The minimum absolute atomic E-state index is 0.786. The quantitative estimate of drug-likeness (QED) is 0.849. The number of halogens is 1. The third-order valence-electron chi connectivity index (χ3n) is 3.14. The number of anilines is 1. The molecule has 0 saturated heterocycles. The van der Waals surface area contributed by atoms with E-state index in [0.717, 1.165) is 29.0 Å². The zero-order valence-corrected chi connectivity index (χ0v) is 14.3. The molecule has 0 aromatic heterocycles. The molecule has 0 fully saturated rings. The average Bonchev–Trinajstić information content (AvgIpc) is 2.45. The summed E-state index contributed by atoms with van der Waals surface area (Å²) in [4.78, 5) is 2.17. The van der Waals surface area contributed by atoms with E-state index in [-0.39, 0.29) is 0 Å². The lowest BCUT2D eigenvalue weighted by Crippen LogP contribution is -2.10. The highest BCUT2D eigenvalue weighted by atomic mass is 79.9. The molecule has 4 heteroatoms. The fourth-order valence-corrected chi connectivity index (χ4v) is 2.76. The Labute approximate surface area is 135 Å². The van der Waals surface area contributed by atoms with Gasteiger partial charge in [0.25, 0.3) is 0 Å². The van der Waals surface area contributed by atoms with Gasteiger partial charge in [-0.2, -0.15) is 0 Å². The summed E-state index contributed by atoms with van der Waals surface area (Å²) in [5.74, 6) is 0.853. The molecule has 2 aromatic carbocycles. The molecule has 0 bridgehead atoms. The van der Waals surface area contributed by atoms with E-state index in [4.69, 9.17) is 4.74 Å². The molecule has 2 aromatic rings. The van der Waals surface area contributed by atoms with Crippen LogP contribution in [0, 0.1) is 0 Å². The van der Waals surface area contributed by atoms with Crippen molar-refractivity contribution < 1.29 is 4.74 Å². The van der Waals surface area contributed by atoms with Gasteiger partial charge in [0.1, 0.15) is 5.75 Å². The molecule has 112 valence electrons. The highest BCUT2D eigenvalue weighted by Crippen LogP contribution is 2.26. The number of hydrogen-bond acceptors (Lipinski definition) is 3. The van der Waals surface area contributed by atoms with Crippen LogP contribution in [-0.2, 0) is 13.1 Å². The van der Waals surface area contributed by atoms with Gasteiger partial charge in [-0.25, -0.2) is 0 Å². The van der Waals surface area contributed by atoms with E-state index in [1.165, 1.54) is 11.1 Å². The summed E-state index contributed by atoms with van der Waals surface area (Å²) in [7, 11) is 5.83. The normalized spacial score (nSPS) is 10.7. The van der Waals surface area contributed by atoms with Crippen LogP contribution in [0.4, 0.5) is 5.69 Å². The highest BCUT2D eigenvalue weighted by molar-refractivity contribution is 9.10. The molecular weight excluding hydrogens is 328 g/mol. The van der Waals surface area contributed by atoms with Crippen LogP contribution >= 0.6 is 15.9 Å². The van der Waals surface area contributed by atoms with Crippen LogP contribution in [0.15, 0.2) is 46.9 Å². The number of ether oxygens (including phenoxy) is 1. The van der Waals surface area contributed by atoms with Crippen molar-refractivity contribution in [2.24, 2.45) is 0 Å². The molecule has 1 N–H and O–H groups in total. The molecule has 3 nitrogen and oxygen atoms in total. The van der Waals surface area contributed by atoms with Crippen molar-refractivity contribution in [3.05, 3.63) is 58.1 Å². The molecule has 0 aliphatic rings. The Morgan fingerprint density at radius 3 is 2.57 bits per heavy atom. The summed E-state index contributed by atoms with van der Waals surface area (Å²) >= 11 is 3.51. The van der Waals surface area contributed by atoms with Gasteiger partial charge in [0.2, 0.25) is 0 Å². The molecular formula is C17H21BrN2O. The second kappa shape index (κ2) is 7.48. The molecule has 0 saturated carbocycles. The topological polar surface area (TPSA) is 24.5 Å². The van der Waals surface area contributed by atoms with Crippen molar-refractivity contribution in [3.8, 4) is 5.75 Å². The lowest BCUT2D eigenvalue weighted by molar-refractivity contribution is 0.402. The number of nitrogens with one attached hydrogen (secondary N) is 1. The SMILES string of the molecule is COc1ccc(CNc2cccc(CN(C)C)c2)cc1Br. The van der Waals surface area contributed by atoms with Crippen molar-refractivity contribution >= 4 is 21.6 Å². The highest BCUT2D eigenvalue weighted by Gasteiger charge is 2.02. The van der Waals surface area contributed by atoms with Crippen molar-refractivity contribution in [2.75, 3.05) is 26.5 Å². The fourth-order valence-electron chi connectivity index (χ4n) is 2.17. The Kier molecular flexibility index (Phi) is 5.65. The Bertz CT molecular complexity index is 599. The van der Waals surface area contributed by atoms with Gasteiger partial charge in [-0.15, -0.1) is 0 Å². The summed E-state index contributed by atoms with van der Waals surface area (Å²) in [6, 6.07) is 14.6. The van der Waals surface area contributed by atoms with Crippen molar-refractivity contribution in [3.63, 3.8) is 0 Å². The van der Waals surface area contributed by atoms with Crippen LogP contribution in [0.25, 0.3) is 0 Å². The largest absolute Gasteiger partial charge is 0.496 e. The average molecular weight is 349 g/mol. The first-order valence-corrected chi connectivity index (χ1v) is 7.68. The van der Waals surface area contributed by atoms with Gasteiger partial charge in [-0.3, -0.25) is 0 Å². The number of rotatable bonds is 6. The lowest BCUT2D eigenvalue weighted by atomic mass is 10.1. The van der Waals surface area contributed by atoms with E-state index in [1.54, 1.807) is 7.11 Å². The van der Waals surface area contributed by atoms with E-state index < -0.39 is 0 Å². The third kappa shape index (κ3) is 4.76. The minimum atomic E-state index is 0.786. The zero-order valence-electron chi connectivity index (χ0n) is 12.7. The second-order valence-corrected chi connectivity index (χ2v) is 6.11. The maximum Gasteiger partial charge on any atom is 0.133 e. The first-order chi connectivity index (χ1) is 10.1. The van der Waals surface area contributed by atoms with Crippen LogP contribution in [0.2, 0.25) is 0 Å². The van der Waals surface area contributed by atoms with E-state index in [9.17, 15) is 0 Å². The van der Waals surface area contributed by atoms with Gasteiger partial charge < -0.3 is 15.0 Å². The summed E-state index contributed by atoms with van der Waals surface area (Å²) in [5.41, 5.74) is 3.66. The van der Waals surface area contributed by atoms with Gasteiger partial charge in [-0.1, -0.05) is 18.2 Å². The van der Waals surface area contributed by atoms with Gasteiger partial charge in [0.15, 0.2) is 0 Å². The molecule has 0 amide bonds. The molecule has 0 spiro atoms. The summed E-state index contributed by atoms with van der Waals surface area (Å²) in [6.07, 6.45) is 0. The Morgan fingerprint density at radius 1 is 1.10 bits per heavy atom. The molecule has 0 aliphatic carbocycles. The van der Waals surface area contributed by atoms with Crippen LogP contribution < -0.4 is 10.1 Å². The fraction of sp³-hybridized carbons (Fsp3) is 0.294. The van der Waals surface area contributed by atoms with E-state index >= 15 is 0 Å². The van der Waals surface area contributed by atoms with Gasteiger partial charge in [0.05, 0.1) is 11.6 Å². The van der Waals surface area contributed by atoms with Gasteiger partial charge >= 0.3 is 0 Å². The Balaban J connectivity index is 2.01. The number of hydrogen-bond donors (Lipinski definition) is 1. The zero-order chi connectivity index (χ0) is 15.2. The summed E-state index contributed by atoms with van der Waals surface area (Å²) < 4.78 is 6.22. The number of benzene rings is 2. The van der Waals surface area contributed by atoms with Crippen LogP contribution in [0.1, 0.15) is 11.1 Å². The predicted octanol–water partition coefficient (Wildman–Crippen LogP) is 4.13. The number of methoxy groups -OCH3 is 1. The molecule has 0 atom stereocenters. The first kappa shape index (κ1) is 15.9. The van der Waals surface area contributed by atoms with E-state index in [0.29, 0.717) is 0 Å². The molecule has 0 unspecified atom stereocenters. The van der Waals surface area contributed by atoms with Crippen LogP contribution in [0.5, 0.6) is 5.75 Å². The van der Waals surface area contributed by atoms with E-state index in [1.807, 2.05) is 6.07 Å². The first-order valence-electron chi connectivity index (χ1n) is 6.88. The molecule has 0 radical (unpaired) electrons. The van der Waals surface area contributed by atoms with Crippen molar-refractivity contribution in [1.29, 1.82) is 0 Å². The van der Waals surface area contributed by atoms with Crippen molar-refractivity contribution in [2.45, 2.75) is 13.1 Å². The van der Waals surface area contributed by atoms with Crippen LogP contribution in [-0.4, -0.2) is 26.1 Å². The van der Waals surface area contributed by atoms with Gasteiger partial charge in [0, 0.05) is 18.8 Å². The maximum absolute atomic E-state index is 5.24. The Morgan fingerprint density at radius 2 is 1.90 bits per heavy atom. The van der Waals surface area contributed by atoms with Gasteiger partial charge in [-0.05, 0) is 65.4 Å². The van der Waals surface area contributed by atoms with Crippen molar-refractivity contribution in [1.82, 2.24) is 4.90 Å². The standard InChI is InChI=1S/C17H21BrN2O/c1-20(2)12-14-5-4-6-15(9-14)19-11-13-7-8-17(21-3)16(18)10-13/h4-10,19H,11-12H2,1-3H3. The second-order valence-electron chi connectivity index (χ2n) is 5.26. The monoisotopic (exact) mass is 348 g/mol. The maximum atomic E-state index is 5.24. The third-order valence-corrected chi connectivity index (χ3v) is 3.76. The lowest BCUT2D eigenvalue weighted by Gasteiger charge is -2.12. The summed E-state index contributed by atoms with van der Waals surface area (Å²) in [5, 5.41) is 3.46. The smallest absolute Gasteiger partial charge is 0.133 e. The predicted molar refractivity (Wildman–Crippen MR) is 91.9 cm³/mol. The van der Waals surface area contributed by atoms with E-state index in [2.05, 4.69) is 76.6 Å². The molecule has 2 rings (SSSR count). The minimum Gasteiger partial charge on any atom is -0.496 e. The van der Waals surface area contributed by atoms with Crippen LogP contribution in [0.3, 0.4) is 0 Å². The molecule has 0 heterocycles. The molecule has 21 heavy (non-hydrogen) atoms. The summed E-state index contributed by atoms with van der Waals surface area (Å²) in [6.45, 7) is 1.73. The molecule has 0 aliphatic heterocycles. The Hall–Kier alpha value is -1.52.